The first-order valence-electron chi connectivity index (χ1n) is 12.9. The molecular formula is C30H37N3O6S. The fourth-order valence-electron chi connectivity index (χ4n) is 4.12. The molecule has 0 bridgehead atoms. The summed E-state index contributed by atoms with van der Waals surface area (Å²) in [4.78, 5) is 28.8. The van der Waals surface area contributed by atoms with Crippen LogP contribution in [-0.2, 0) is 39.0 Å². The SMILES string of the molecule is COc1ccc(CCNC(=O)[C@H](Cc2ccccc2)N(Cc2ccc(OC)cc2)C(=O)CN(C)S(C)(=O)=O)cc1. The zero-order valence-corrected chi connectivity index (χ0v) is 24.2. The minimum absolute atomic E-state index is 0.115. The van der Waals surface area contributed by atoms with E-state index in [9.17, 15) is 18.0 Å². The number of nitrogens with one attached hydrogen (secondary N) is 1. The third kappa shape index (κ3) is 9.10. The Morgan fingerprint density at radius 1 is 0.825 bits per heavy atom. The summed E-state index contributed by atoms with van der Waals surface area (Å²) in [5.41, 5.74) is 2.68. The second kappa shape index (κ2) is 14.5. The van der Waals surface area contributed by atoms with Crippen LogP contribution in [0.4, 0.5) is 0 Å². The van der Waals surface area contributed by atoms with Crippen molar-refractivity contribution in [1.29, 1.82) is 0 Å². The summed E-state index contributed by atoms with van der Waals surface area (Å²) >= 11 is 0. The number of sulfonamides is 1. The average Bonchev–Trinajstić information content (AvgIpc) is 2.95. The number of benzene rings is 3. The fourth-order valence-corrected chi connectivity index (χ4v) is 4.47. The van der Waals surface area contributed by atoms with E-state index in [1.807, 2.05) is 66.7 Å². The molecule has 9 nitrogen and oxygen atoms in total. The molecule has 0 fully saturated rings. The molecular weight excluding hydrogens is 530 g/mol. The Bertz CT molecular complexity index is 1350. The normalized spacial score (nSPS) is 12.0. The molecule has 0 aromatic heterocycles. The van der Waals surface area contributed by atoms with Crippen LogP contribution in [0.3, 0.4) is 0 Å². The molecule has 0 heterocycles. The Balaban J connectivity index is 1.88. The zero-order valence-electron chi connectivity index (χ0n) is 23.4. The number of hydrogen-bond acceptors (Lipinski definition) is 6. The van der Waals surface area contributed by atoms with Crippen molar-refractivity contribution in [2.24, 2.45) is 0 Å². The summed E-state index contributed by atoms with van der Waals surface area (Å²) < 4.78 is 35.6. The third-order valence-corrected chi connectivity index (χ3v) is 7.84. The van der Waals surface area contributed by atoms with E-state index in [2.05, 4.69) is 5.32 Å². The van der Waals surface area contributed by atoms with Gasteiger partial charge in [-0.2, -0.15) is 4.31 Å². The van der Waals surface area contributed by atoms with Crippen LogP contribution in [0.15, 0.2) is 78.9 Å². The molecule has 0 radical (unpaired) electrons. The summed E-state index contributed by atoms with van der Waals surface area (Å²) in [6, 6.07) is 23.4. The van der Waals surface area contributed by atoms with Gasteiger partial charge in [0.05, 0.1) is 27.0 Å². The second-order valence-electron chi connectivity index (χ2n) is 9.48. The van der Waals surface area contributed by atoms with Crippen molar-refractivity contribution in [3.8, 4) is 11.5 Å². The van der Waals surface area contributed by atoms with E-state index in [0.717, 1.165) is 33.0 Å². The molecule has 0 saturated heterocycles. The van der Waals surface area contributed by atoms with Gasteiger partial charge >= 0.3 is 0 Å². The maximum absolute atomic E-state index is 13.7. The first kappa shape index (κ1) is 30.6. The van der Waals surface area contributed by atoms with Gasteiger partial charge in [0.2, 0.25) is 21.8 Å². The molecule has 3 aromatic carbocycles. The highest BCUT2D eigenvalue weighted by atomic mass is 32.2. The van der Waals surface area contributed by atoms with Gasteiger partial charge in [-0.15, -0.1) is 0 Å². The Morgan fingerprint density at radius 2 is 1.38 bits per heavy atom. The van der Waals surface area contributed by atoms with Crippen LogP contribution in [0.1, 0.15) is 16.7 Å². The quantitative estimate of drug-likeness (QED) is 0.321. The summed E-state index contributed by atoms with van der Waals surface area (Å²) in [6.45, 7) is 0.0908. The van der Waals surface area contributed by atoms with Gasteiger partial charge in [-0.25, -0.2) is 8.42 Å². The lowest BCUT2D eigenvalue weighted by atomic mass is 10.0. The van der Waals surface area contributed by atoms with E-state index in [0.29, 0.717) is 18.7 Å². The molecule has 0 aliphatic heterocycles. The predicted octanol–water partition coefficient (Wildman–Crippen LogP) is 2.89. The van der Waals surface area contributed by atoms with Crippen molar-refractivity contribution in [3.05, 3.63) is 95.6 Å². The van der Waals surface area contributed by atoms with Gasteiger partial charge in [0, 0.05) is 26.6 Å². The summed E-state index contributed by atoms with van der Waals surface area (Å²) in [7, 11) is 0.912. The lowest BCUT2D eigenvalue weighted by Gasteiger charge is -2.32. The number of hydrogen-bond donors (Lipinski definition) is 1. The van der Waals surface area contributed by atoms with Crippen molar-refractivity contribution < 1.29 is 27.5 Å². The molecule has 214 valence electrons. The third-order valence-electron chi connectivity index (χ3n) is 6.58. The molecule has 0 saturated carbocycles. The van der Waals surface area contributed by atoms with Crippen molar-refractivity contribution in [2.75, 3.05) is 40.6 Å². The number of amides is 2. The molecule has 0 aliphatic rings. The second-order valence-corrected chi connectivity index (χ2v) is 11.6. The van der Waals surface area contributed by atoms with Gasteiger partial charge in [-0.3, -0.25) is 9.59 Å². The Kier molecular flexibility index (Phi) is 11.1. The first-order chi connectivity index (χ1) is 19.1. The van der Waals surface area contributed by atoms with Gasteiger partial charge in [0.25, 0.3) is 0 Å². The van der Waals surface area contributed by atoms with Crippen LogP contribution in [0.2, 0.25) is 0 Å². The van der Waals surface area contributed by atoms with E-state index < -0.39 is 22.0 Å². The Labute approximate surface area is 236 Å². The minimum atomic E-state index is -3.61. The molecule has 3 aromatic rings. The summed E-state index contributed by atoms with van der Waals surface area (Å²) in [6.07, 6.45) is 1.90. The monoisotopic (exact) mass is 567 g/mol. The molecule has 2 amide bonds. The molecule has 3 rings (SSSR count). The molecule has 10 heteroatoms. The molecule has 0 aliphatic carbocycles. The van der Waals surface area contributed by atoms with Crippen molar-refractivity contribution in [1.82, 2.24) is 14.5 Å². The van der Waals surface area contributed by atoms with E-state index >= 15 is 0 Å². The van der Waals surface area contributed by atoms with Crippen LogP contribution in [0, 0.1) is 0 Å². The number of carbonyl (C=O) groups excluding carboxylic acids is 2. The van der Waals surface area contributed by atoms with Gasteiger partial charge in [0.15, 0.2) is 0 Å². The number of likely N-dealkylation sites (N-methyl/N-ethyl adjacent to an activating group) is 1. The van der Waals surface area contributed by atoms with E-state index in [4.69, 9.17) is 9.47 Å². The van der Waals surface area contributed by atoms with Gasteiger partial charge in [0.1, 0.15) is 17.5 Å². The molecule has 0 spiro atoms. The van der Waals surface area contributed by atoms with Crippen LogP contribution >= 0.6 is 0 Å². The highest BCUT2D eigenvalue weighted by Gasteiger charge is 2.31. The lowest BCUT2D eigenvalue weighted by molar-refractivity contribution is -0.141. The molecule has 1 atom stereocenters. The van der Waals surface area contributed by atoms with Crippen LogP contribution < -0.4 is 14.8 Å². The lowest BCUT2D eigenvalue weighted by Crippen LogP contribution is -2.53. The number of ether oxygens (including phenoxy) is 2. The number of nitrogens with zero attached hydrogens (tertiary/aromatic N) is 2. The number of rotatable bonds is 14. The maximum atomic E-state index is 13.7. The topological polar surface area (TPSA) is 105 Å². The van der Waals surface area contributed by atoms with Crippen molar-refractivity contribution >= 4 is 21.8 Å². The highest BCUT2D eigenvalue weighted by Crippen LogP contribution is 2.18. The standard InChI is InChI=1S/C30H37N3O6S/c1-32(40(4,36)37)22-29(34)33(21-25-12-16-27(39-3)17-13-25)28(20-24-8-6-5-7-9-24)30(35)31-19-18-23-10-14-26(38-2)15-11-23/h5-17,28H,18-22H2,1-4H3,(H,31,35)/t28-/m0/s1. The van der Waals surface area contributed by atoms with Crippen LogP contribution in [0.25, 0.3) is 0 Å². The minimum Gasteiger partial charge on any atom is -0.497 e. The summed E-state index contributed by atoms with van der Waals surface area (Å²) in [5.74, 6) is 0.620. The van der Waals surface area contributed by atoms with Crippen molar-refractivity contribution in [2.45, 2.75) is 25.4 Å². The van der Waals surface area contributed by atoms with E-state index in [1.54, 1.807) is 26.4 Å². The molecule has 0 unspecified atom stereocenters. The Hall–Kier alpha value is -3.89. The van der Waals surface area contributed by atoms with E-state index in [-0.39, 0.29) is 25.4 Å². The number of carbonyl (C=O) groups is 2. The predicted molar refractivity (Wildman–Crippen MR) is 155 cm³/mol. The van der Waals surface area contributed by atoms with Gasteiger partial charge in [-0.05, 0) is 47.4 Å². The maximum Gasteiger partial charge on any atom is 0.243 e. The van der Waals surface area contributed by atoms with Crippen LogP contribution in [0.5, 0.6) is 11.5 Å². The summed E-state index contributed by atoms with van der Waals surface area (Å²) in [5, 5.41) is 2.99. The van der Waals surface area contributed by atoms with Crippen LogP contribution in [-0.4, -0.2) is 76.1 Å². The van der Waals surface area contributed by atoms with Crippen molar-refractivity contribution in [3.63, 3.8) is 0 Å². The number of methoxy groups -OCH3 is 2. The van der Waals surface area contributed by atoms with Gasteiger partial charge in [-0.1, -0.05) is 54.6 Å². The van der Waals surface area contributed by atoms with E-state index in [1.165, 1.54) is 11.9 Å². The zero-order chi connectivity index (χ0) is 29.1. The molecule has 40 heavy (non-hydrogen) atoms. The molecule has 1 N–H and O–H groups in total. The average molecular weight is 568 g/mol. The Morgan fingerprint density at radius 3 is 1.90 bits per heavy atom. The van der Waals surface area contributed by atoms with Gasteiger partial charge < -0.3 is 19.7 Å². The fraction of sp³-hybridized carbons (Fsp3) is 0.333. The highest BCUT2D eigenvalue weighted by molar-refractivity contribution is 7.88. The first-order valence-corrected chi connectivity index (χ1v) is 14.7. The largest absolute Gasteiger partial charge is 0.497 e. The smallest absolute Gasteiger partial charge is 0.243 e.